The summed E-state index contributed by atoms with van der Waals surface area (Å²) in [7, 11) is 2.12. The molecule has 0 bridgehead atoms. The van der Waals surface area contributed by atoms with Crippen molar-refractivity contribution in [1.82, 2.24) is 4.90 Å². The molecule has 0 fully saturated rings. The van der Waals surface area contributed by atoms with Gasteiger partial charge in [-0.25, -0.2) is 0 Å². The first-order chi connectivity index (χ1) is 6.27. The fraction of sp³-hybridized carbons (Fsp3) is 0.400. The van der Waals surface area contributed by atoms with Gasteiger partial charge in [0.1, 0.15) is 0 Å². The van der Waals surface area contributed by atoms with Gasteiger partial charge >= 0.3 is 0 Å². The van der Waals surface area contributed by atoms with Crippen molar-refractivity contribution in [1.29, 1.82) is 0 Å². The van der Waals surface area contributed by atoms with E-state index in [1.807, 2.05) is 12.1 Å². The van der Waals surface area contributed by atoms with E-state index >= 15 is 0 Å². The molecule has 0 spiro atoms. The minimum atomic E-state index is 0.827. The molecule has 0 saturated heterocycles. The summed E-state index contributed by atoms with van der Waals surface area (Å²) in [5.41, 5.74) is 2.39. The van der Waals surface area contributed by atoms with Crippen LogP contribution < -0.4 is 5.32 Å². The second kappa shape index (κ2) is 3.56. The molecule has 1 aromatic rings. The molecular formula is C10H13ClN2. The molecule has 0 aliphatic carbocycles. The van der Waals surface area contributed by atoms with E-state index < -0.39 is 0 Å². The Labute approximate surface area is 83.5 Å². The van der Waals surface area contributed by atoms with E-state index in [4.69, 9.17) is 11.6 Å². The number of para-hydroxylation sites is 1. The summed E-state index contributed by atoms with van der Waals surface area (Å²) in [4.78, 5) is 2.29. The smallest absolute Gasteiger partial charge is 0.0640 e. The Morgan fingerprint density at radius 1 is 1.46 bits per heavy atom. The Morgan fingerprint density at radius 3 is 3.15 bits per heavy atom. The first kappa shape index (κ1) is 8.85. The minimum Gasteiger partial charge on any atom is -0.382 e. The summed E-state index contributed by atoms with van der Waals surface area (Å²) in [6, 6.07) is 6.05. The monoisotopic (exact) mass is 196 g/mol. The second-order valence-corrected chi connectivity index (χ2v) is 3.85. The molecule has 1 heterocycles. The van der Waals surface area contributed by atoms with Crippen LogP contribution in [-0.4, -0.2) is 25.0 Å². The quantitative estimate of drug-likeness (QED) is 0.685. The third-order valence-corrected chi connectivity index (χ3v) is 2.65. The van der Waals surface area contributed by atoms with Gasteiger partial charge < -0.3 is 10.2 Å². The summed E-state index contributed by atoms with van der Waals surface area (Å²) in [5, 5.41) is 4.18. The third kappa shape index (κ3) is 1.79. The zero-order valence-electron chi connectivity index (χ0n) is 7.68. The standard InChI is InChI=1S/C10H13ClN2/c1-13-6-5-12-10-8(7-13)3-2-4-9(10)11/h2-4,12H,5-7H2,1H3. The molecule has 1 aliphatic heterocycles. The molecule has 70 valence electrons. The first-order valence-electron chi connectivity index (χ1n) is 4.47. The highest BCUT2D eigenvalue weighted by Crippen LogP contribution is 2.27. The number of rotatable bonds is 0. The van der Waals surface area contributed by atoms with Crippen LogP contribution in [-0.2, 0) is 6.54 Å². The Balaban J connectivity index is 2.39. The van der Waals surface area contributed by atoms with Crippen LogP contribution in [0.15, 0.2) is 18.2 Å². The van der Waals surface area contributed by atoms with Crippen molar-refractivity contribution in [2.45, 2.75) is 6.54 Å². The molecule has 0 aromatic heterocycles. The molecule has 3 heteroatoms. The van der Waals surface area contributed by atoms with Crippen molar-refractivity contribution < 1.29 is 0 Å². The van der Waals surface area contributed by atoms with Crippen LogP contribution in [0.25, 0.3) is 0 Å². The Hall–Kier alpha value is -0.730. The Morgan fingerprint density at radius 2 is 2.31 bits per heavy atom. The number of halogens is 1. The van der Waals surface area contributed by atoms with E-state index in [9.17, 15) is 0 Å². The van der Waals surface area contributed by atoms with E-state index in [1.54, 1.807) is 0 Å². The van der Waals surface area contributed by atoms with Crippen molar-refractivity contribution in [3.05, 3.63) is 28.8 Å². The van der Waals surface area contributed by atoms with Gasteiger partial charge in [-0.3, -0.25) is 0 Å². The Bertz CT molecular complexity index is 312. The van der Waals surface area contributed by atoms with E-state index in [2.05, 4.69) is 23.3 Å². The third-order valence-electron chi connectivity index (χ3n) is 2.34. The van der Waals surface area contributed by atoms with Crippen molar-refractivity contribution in [3.8, 4) is 0 Å². The fourth-order valence-electron chi connectivity index (χ4n) is 1.64. The van der Waals surface area contributed by atoms with Crippen molar-refractivity contribution in [3.63, 3.8) is 0 Å². The van der Waals surface area contributed by atoms with Crippen LogP contribution in [0.1, 0.15) is 5.56 Å². The Kier molecular flexibility index (Phi) is 2.42. The number of nitrogens with one attached hydrogen (secondary N) is 1. The summed E-state index contributed by atoms with van der Waals surface area (Å²) < 4.78 is 0. The number of hydrogen-bond acceptors (Lipinski definition) is 2. The number of nitrogens with zero attached hydrogens (tertiary/aromatic N) is 1. The lowest BCUT2D eigenvalue weighted by Gasteiger charge is -2.12. The predicted molar refractivity (Wildman–Crippen MR) is 56.3 cm³/mol. The van der Waals surface area contributed by atoms with Gasteiger partial charge in [0.05, 0.1) is 10.7 Å². The molecule has 1 aliphatic rings. The topological polar surface area (TPSA) is 15.3 Å². The van der Waals surface area contributed by atoms with Gasteiger partial charge in [0.15, 0.2) is 0 Å². The molecule has 13 heavy (non-hydrogen) atoms. The largest absolute Gasteiger partial charge is 0.382 e. The number of likely N-dealkylation sites (N-methyl/N-ethyl adjacent to an activating group) is 1. The van der Waals surface area contributed by atoms with Crippen LogP contribution in [0.4, 0.5) is 5.69 Å². The van der Waals surface area contributed by atoms with Gasteiger partial charge in [-0.15, -0.1) is 0 Å². The van der Waals surface area contributed by atoms with E-state index in [0.717, 1.165) is 30.3 Å². The van der Waals surface area contributed by atoms with Gasteiger partial charge in [0, 0.05) is 19.6 Å². The van der Waals surface area contributed by atoms with Crippen LogP contribution in [0.3, 0.4) is 0 Å². The van der Waals surface area contributed by atoms with Crippen molar-refractivity contribution >= 4 is 17.3 Å². The molecule has 0 saturated carbocycles. The van der Waals surface area contributed by atoms with E-state index in [-0.39, 0.29) is 0 Å². The van der Waals surface area contributed by atoms with Gasteiger partial charge in [0.25, 0.3) is 0 Å². The maximum absolute atomic E-state index is 6.08. The summed E-state index contributed by atoms with van der Waals surface area (Å²) in [6.07, 6.45) is 0. The highest BCUT2D eigenvalue weighted by molar-refractivity contribution is 6.33. The minimum absolute atomic E-state index is 0.827. The maximum Gasteiger partial charge on any atom is 0.0640 e. The van der Waals surface area contributed by atoms with Gasteiger partial charge in [-0.05, 0) is 18.7 Å². The molecule has 0 radical (unpaired) electrons. The molecule has 1 aromatic carbocycles. The first-order valence-corrected chi connectivity index (χ1v) is 4.85. The van der Waals surface area contributed by atoms with Gasteiger partial charge in [-0.1, -0.05) is 23.7 Å². The predicted octanol–water partition coefficient (Wildman–Crippen LogP) is 2.20. The average molecular weight is 197 g/mol. The second-order valence-electron chi connectivity index (χ2n) is 3.44. The zero-order valence-corrected chi connectivity index (χ0v) is 8.43. The summed E-state index contributed by atoms with van der Waals surface area (Å²) in [5.74, 6) is 0. The van der Waals surface area contributed by atoms with Gasteiger partial charge in [0.2, 0.25) is 0 Å². The molecule has 0 amide bonds. The molecular weight excluding hydrogens is 184 g/mol. The lowest BCUT2D eigenvalue weighted by atomic mass is 10.2. The van der Waals surface area contributed by atoms with Crippen LogP contribution in [0.5, 0.6) is 0 Å². The van der Waals surface area contributed by atoms with Crippen LogP contribution in [0, 0.1) is 0 Å². The fourth-order valence-corrected chi connectivity index (χ4v) is 1.90. The SMILES string of the molecule is CN1CCNc2c(Cl)cccc2C1. The summed E-state index contributed by atoms with van der Waals surface area (Å²) >= 11 is 6.08. The molecule has 0 unspecified atom stereocenters. The normalized spacial score (nSPS) is 17.4. The number of benzene rings is 1. The molecule has 1 N–H and O–H groups in total. The molecule has 2 rings (SSSR count). The van der Waals surface area contributed by atoms with E-state index in [0.29, 0.717) is 0 Å². The van der Waals surface area contributed by atoms with Crippen molar-refractivity contribution in [2.75, 3.05) is 25.5 Å². The lowest BCUT2D eigenvalue weighted by Crippen LogP contribution is -2.20. The average Bonchev–Trinajstić information content (AvgIpc) is 2.27. The maximum atomic E-state index is 6.08. The van der Waals surface area contributed by atoms with Crippen molar-refractivity contribution in [2.24, 2.45) is 0 Å². The molecule has 0 atom stereocenters. The summed E-state index contributed by atoms with van der Waals surface area (Å²) in [6.45, 7) is 3.00. The lowest BCUT2D eigenvalue weighted by molar-refractivity contribution is 0.346. The number of hydrogen-bond donors (Lipinski definition) is 1. The van der Waals surface area contributed by atoms with E-state index in [1.165, 1.54) is 5.56 Å². The highest BCUT2D eigenvalue weighted by Gasteiger charge is 2.12. The molecule has 2 nitrogen and oxygen atoms in total. The van der Waals surface area contributed by atoms with Crippen LogP contribution in [0.2, 0.25) is 5.02 Å². The van der Waals surface area contributed by atoms with Gasteiger partial charge in [-0.2, -0.15) is 0 Å². The highest BCUT2D eigenvalue weighted by atomic mass is 35.5. The number of fused-ring (bicyclic) bond motifs is 1. The number of anilines is 1. The van der Waals surface area contributed by atoms with Crippen LogP contribution >= 0.6 is 11.6 Å². The zero-order chi connectivity index (χ0) is 9.26.